The van der Waals surface area contributed by atoms with Gasteiger partial charge in [-0.1, -0.05) is 11.3 Å². The Balaban J connectivity index is 2.22. The molecule has 0 unspecified atom stereocenters. The van der Waals surface area contributed by atoms with Crippen LogP contribution in [-0.2, 0) is 9.47 Å². The van der Waals surface area contributed by atoms with Gasteiger partial charge < -0.3 is 9.47 Å². The van der Waals surface area contributed by atoms with Crippen LogP contribution in [0.2, 0.25) is 0 Å². The summed E-state index contributed by atoms with van der Waals surface area (Å²) >= 11 is 0. The quantitative estimate of drug-likeness (QED) is 0.753. The second kappa shape index (κ2) is 6.40. The van der Waals surface area contributed by atoms with Crippen molar-refractivity contribution in [1.29, 1.82) is 0 Å². The smallest absolute Gasteiger partial charge is 0.204 e. The lowest BCUT2D eigenvalue weighted by Gasteiger charge is -2.13. The van der Waals surface area contributed by atoms with Crippen LogP contribution in [0.3, 0.4) is 0 Å². The summed E-state index contributed by atoms with van der Waals surface area (Å²) < 4.78 is 25.5. The summed E-state index contributed by atoms with van der Waals surface area (Å²) in [6, 6.07) is 6.13. The number of hydrogen-bond donors (Lipinski definition) is 0. The van der Waals surface area contributed by atoms with Gasteiger partial charge >= 0.3 is 0 Å². The predicted octanol–water partition coefficient (Wildman–Crippen LogP) is 2.48. The van der Waals surface area contributed by atoms with Crippen LogP contribution in [-0.4, -0.2) is 28.2 Å². The van der Waals surface area contributed by atoms with Crippen LogP contribution < -0.4 is 0 Å². The van der Waals surface area contributed by atoms with Crippen molar-refractivity contribution in [2.24, 2.45) is 0 Å². The first-order valence-corrected chi connectivity index (χ1v) is 6.16. The van der Waals surface area contributed by atoms with E-state index in [0.29, 0.717) is 24.6 Å². The molecular formula is C13H16FN3O2. The van der Waals surface area contributed by atoms with E-state index in [1.807, 2.05) is 13.8 Å². The van der Waals surface area contributed by atoms with Gasteiger partial charge in [0, 0.05) is 13.2 Å². The van der Waals surface area contributed by atoms with Gasteiger partial charge in [0.2, 0.25) is 6.29 Å². The molecule has 0 amide bonds. The van der Waals surface area contributed by atoms with E-state index in [2.05, 4.69) is 10.3 Å². The van der Waals surface area contributed by atoms with Crippen LogP contribution in [0, 0.1) is 5.82 Å². The number of rotatable bonds is 6. The molecule has 0 aliphatic rings. The average Bonchev–Trinajstić information content (AvgIpc) is 2.88. The minimum absolute atomic E-state index is 0.319. The molecule has 1 aromatic carbocycles. The van der Waals surface area contributed by atoms with Gasteiger partial charge in [-0.15, -0.1) is 5.10 Å². The summed E-state index contributed by atoms with van der Waals surface area (Å²) in [5.74, 6) is -0.319. The van der Waals surface area contributed by atoms with Gasteiger partial charge in [-0.05, 0) is 32.0 Å². The first-order chi connectivity index (χ1) is 9.24. The maximum absolute atomic E-state index is 13.1. The summed E-state index contributed by atoms with van der Waals surface area (Å²) in [5, 5.41) is 7.95. The van der Waals surface area contributed by atoms with E-state index in [9.17, 15) is 4.39 Å². The number of halogens is 1. The summed E-state index contributed by atoms with van der Waals surface area (Å²) in [7, 11) is 0. The van der Waals surface area contributed by atoms with Gasteiger partial charge in [0.1, 0.15) is 11.5 Å². The summed E-state index contributed by atoms with van der Waals surface area (Å²) in [4.78, 5) is 0. The van der Waals surface area contributed by atoms with Crippen molar-refractivity contribution in [3.05, 3.63) is 42.0 Å². The minimum Gasteiger partial charge on any atom is -0.347 e. The van der Waals surface area contributed by atoms with Crippen LogP contribution in [0.5, 0.6) is 0 Å². The van der Waals surface area contributed by atoms with Crippen LogP contribution in [0.25, 0.3) is 5.69 Å². The number of benzene rings is 1. The lowest BCUT2D eigenvalue weighted by atomic mass is 10.3. The molecule has 1 aromatic heterocycles. The molecule has 102 valence electrons. The molecule has 0 atom stereocenters. The van der Waals surface area contributed by atoms with Crippen molar-refractivity contribution in [2.75, 3.05) is 13.2 Å². The fourth-order valence-corrected chi connectivity index (χ4v) is 1.65. The van der Waals surface area contributed by atoms with Gasteiger partial charge in [-0.25, -0.2) is 9.07 Å². The molecule has 19 heavy (non-hydrogen) atoms. The molecule has 0 radical (unpaired) electrons. The first-order valence-electron chi connectivity index (χ1n) is 6.16. The highest BCUT2D eigenvalue weighted by Gasteiger charge is 2.16. The zero-order valence-corrected chi connectivity index (χ0v) is 10.9. The van der Waals surface area contributed by atoms with Gasteiger partial charge in [0.15, 0.2) is 0 Å². The van der Waals surface area contributed by atoms with E-state index in [1.165, 1.54) is 16.8 Å². The van der Waals surface area contributed by atoms with E-state index in [1.54, 1.807) is 18.3 Å². The second-order valence-corrected chi connectivity index (χ2v) is 3.81. The Morgan fingerprint density at radius 3 is 2.63 bits per heavy atom. The van der Waals surface area contributed by atoms with Crippen molar-refractivity contribution < 1.29 is 13.9 Å². The van der Waals surface area contributed by atoms with Gasteiger partial charge in [-0.2, -0.15) is 0 Å². The highest BCUT2D eigenvalue weighted by molar-refractivity contribution is 5.30. The molecule has 6 heteroatoms. The average molecular weight is 265 g/mol. The third-order valence-electron chi connectivity index (χ3n) is 2.46. The molecule has 0 spiro atoms. The van der Waals surface area contributed by atoms with Crippen molar-refractivity contribution >= 4 is 0 Å². The Kier molecular flexibility index (Phi) is 4.59. The summed E-state index contributed by atoms with van der Waals surface area (Å²) in [5.41, 5.74) is 1.17. The Morgan fingerprint density at radius 1 is 1.26 bits per heavy atom. The molecule has 0 bridgehead atoms. The highest BCUT2D eigenvalue weighted by Crippen LogP contribution is 2.17. The Labute approximate surface area is 111 Å². The highest BCUT2D eigenvalue weighted by atomic mass is 19.1. The molecule has 2 aromatic rings. The van der Waals surface area contributed by atoms with Crippen LogP contribution in [0.4, 0.5) is 4.39 Å². The van der Waals surface area contributed by atoms with Gasteiger partial charge in [0.25, 0.3) is 0 Å². The molecule has 1 heterocycles. The van der Waals surface area contributed by atoms with E-state index < -0.39 is 6.29 Å². The second-order valence-electron chi connectivity index (χ2n) is 3.81. The Bertz CT molecular complexity index is 524. The lowest BCUT2D eigenvalue weighted by Crippen LogP contribution is -2.09. The van der Waals surface area contributed by atoms with Crippen LogP contribution >= 0.6 is 0 Å². The normalized spacial score (nSPS) is 11.2. The maximum atomic E-state index is 13.1. The number of ether oxygens (including phenoxy) is 2. The minimum atomic E-state index is -0.544. The standard InChI is InChI=1S/C13H16FN3O2/c1-3-18-13(19-4-2)12-9-17(16-15-12)11-7-5-6-10(14)8-11/h5-9,13H,3-4H2,1-2H3. The van der Waals surface area contributed by atoms with Crippen molar-refractivity contribution in [3.63, 3.8) is 0 Å². The van der Waals surface area contributed by atoms with Crippen LogP contribution in [0.15, 0.2) is 30.5 Å². The molecule has 0 saturated carbocycles. The number of hydrogen-bond acceptors (Lipinski definition) is 4. The van der Waals surface area contributed by atoms with E-state index in [0.717, 1.165) is 0 Å². The predicted molar refractivity (Wildman–Crippen MR) is 67.3 cm³/mol. The molecule has 2 rings (SSSR count). The largest absolute Gasteiger partial charge is 0.347 e. The molecule has 5 nitrogen and oxygen atoms in total. The third kappa shape index (κ3) is 3.36. The van der Waals surface area contributed by atoms with E-state index >= 15 is 0 Å². The van der Waals surface area contributed by atoms with Gasteiger partial charge in [0.05, 0.1) is 11.9 Å². The molecule has 0 fully saturated rings. The van der Waals surface area contributed by atoms with Crippen molar-refractivity contribution in [2.45, 2.75) is 20.1 Å². The summed E-state index contributed by atoms with van der Waals surface area (Å²) in [6.07, 6.45) is 1.13. The number of nitrogens with zero attached hydrogens (tertiary/aromatic N) is 3. The van der Waals surface area contributed by atoms with Crippen LogP contribution in [0.1, 0.15) is 25.8 Å². The third-order valence-corrected chi connectivity index (χ3v) is 2.46. The zero-order valence-electron chi connectivity index (χ0n) is 10.9. The Morgan fingerprint density at radius 2 is 2.00 bits per heavy atom. The molecule has 0 aliphatic heterocycles. The molecular weight excluding hydrogens is 249 g/mol. The fraction of sp³-hybridized carbons (Fsp3) is 0.385. The fourth-order valence-electron chi connectivity index (χ4n) is 1.65. The van der Waals surface area contributed by atoms with Crippen molar-refractivity contribution in [3.8, 4) is 5.69 Å². The monoisotopic (exact) mass is 265 g/mol. The molecule has 0 N–H and O–H groups in total. The lowest BCUT2D eigenvalue weighted by molar-refractivity contribution is -0.142. The molecule has 0 saturated heterocycles. The van der Waals surface area contributed by atoms with Gasteiger partial charge in [-0.3, -0.25) is 0 Å². The first kappa shape index (κ1) is 13.6. The SMILES string of the molecule is CCOC(OCC)c1cn(-c2cccc(F)c2)nn1. The topological polar surface area (TPSA) is 49.2 Å². The number of aromatic nitrogens is 3. The summed E-state index contributed by atoms with van der Waals surface area (Å²) in [6.45, 7) is 4.78. The maximum Gasteiger partial charge on any atom is 0.204 e. The van der Waals surface area contributed by atoms with E-state index in [4.69, 9.17) is 9.47 Å². The van der Waals surface area contributed by atoms with Crippen molar-refractivity contribution in [1.82, 2.24) is 15.0 Å². The Hall–Kier alpha value is -1.79. The molecule has 0 aliphatic carbocycles. The zero-order chi connectivity index (χ0) is 13.7. The van der Waals surface area contributed by atoms with E-state index in [-0.39, 0.29) is 5.82 Å².